The van der Waals surface area contributed by atoms with E-state index in [9.17, 15) is 0 Å². The van der Waals surface area contributed by atoms with Gasteiger partial charge in [0.15, 0.2) is 0 Å². The van der Waals surface area contributed by atoms with Gasteiger partial charge in [-0.1, -0.05) is 25.4 Å². The van der Waals surface area contributed by atoms with Crippen molar-refractivity contribution in [2.24, 2.45) is 5.92 Å². The molecule has 1 aliphatic rings. The van der Waals surface area contributed by atoms with Crippen LogP contribution in [-0.2, 0) is 6.54 Å². The van der Waals surface area contributed by atoms with Gasteiger partial charge in [-0.15, -0.1) is 0 Å². The van der Waals surface area contributed by atoms with Crippen LogP contribution in [0.1, 0.15) is 57.7 Å². The van der Waals surface area contributed by atoms with Gasteiger partial charge in [0.2, 0.25) is 0 Å². The Morgan fingerprint density at radius 2 is 2.14 bits per heavy atom. The van der Waals surface area contributed by atoms with Crippen LogP contribution in [0.2, 0.25) is 5.02 Å². The molecule has 0 aliphatic carbocycles. The summed E-state index contributed by atoms with van der Waals surface area (Å²) in [7, 11) is 0. The number of hydrogen-bond donors (Lipinski definition) is 1. The highest BCUT2D eigenvalue weighted by atomic mass is 35.5. The number of hydrogen-bond acceptors (Lipinski definition) is 3. The minimum atomic E-state index is 0.347. The molecule has 5 heteroatoms. The number of nitrogens with zero attached hydrogens (tertiary/aromatic N) is 2. The molecule has 1 N–H and O–H groups in total. The number of aryl methyl sites for hydroxylation is 1. The van der Waals surface area contributed by atoms with E-state index < -0.39 is 0 Å². The fourth-order valence-electron chi connectivity index (χ4n) is 3.03. The molecule has 0 bridgehead atoms. The van der Waals surface area contributed by atoms with Crippen LogP contribution < -0.4 is 5.32 Å². The Morgan fingerprint density at radius 3 is 2.81 bits per heavy atom. The fourth-order valence-corrected chi connectivity index (χ4v) is 4.51. The lowest BCUT2D eigenvalue weighted by Crippen LogP contribution is -2.28. The van der Waals surface area contributed by atoms with Crippen molar-refractivity contribution in [3.05, 3.63) is 16.9 Å². The van der Waals surface area contributed by atoms with Crippen molar-refractivity contribution in [3.63, 3.8) is 0 Å². The molecular weight excluding hydrogens is 302 g/mol. The Hall–Kier alpha value is -0.190. The van der Waals surface area contributed by atoms with Gasteiger partial charge in [0, 0.05) is 6.54 Å². The first-order chi connectivity index (χ1) is 10.3. The average Bonchev–Trinajstić information content (AvgIpc) is 2.86. The van der Waals surface area contributed by atoms with Crippen molar-refractivity contribution in [2.75, 3.05) is 18.1 Å². The van der Waals surface area contributed by atoms with Crippen LogP contribution in [0, 0.1) is 5.92 Å². The summed E-state index contributed by atoms with van der Waals surface area (Å²) >= 11 is 8.54. The lowest BCUT2D eigenvalue weighted by atomic mass is 9.92. The Kier molecular flexibility index (Phi) is 7.41. The quantitative estimate of drug-likeness (QED) is 0.760. The molecule has 2 rings (SSSR count). The third-order valence-corrected chi connectivity index (χ3v) is 5.49. The third kappa shape index (κ3) is 4.90. The molecule has 1 aliphatic heterocycles. The van der Waals surface area contributed by atoms with E-state index in [1.54, 1.807) is 0 Å². The summed E-state index contributed by atoms with van der Waals surface area (Å²) in [6, 6.07) is 0.347. The molecule has 120 valence electrons. The van der Waals surface area contributed by atoms with Gasteiger partial charge in [-0.2, -0.15) is 16.9 Å². The van der Waals surface area contributed by atoms with Gasteiger partial charge in [-0.05, 0) is 56.1 Å². The molecule has 0 spiro atoms. The van der Waals surface area contributed by atoms with Crippen molar-refractivity contribution in [1.29, 1.82) is 0 Å². The van der Waals surface area contributed by atoms with Crippen LogP contribution in [0.4, 0.5) is 0 Å². The Bertz CT molecular complexity index is 416. The van der Waals surface area contributed by atoms with Crippen LogP contribution in [0.5, 0.6) is 0 Å². The summed E-state index contributed by atoms with van der Waals surface area (Å²) in [5.41, 5.74) is 1.20. The Morgan fingerprint density at radius 1 is 1.38 bits per heavy atom. The van der Waals surface area contributed by atoms with Gasteiger partial charge >= 0.3 is 0 Å². The van der Waals surface area contributed by atoms with Crippen molar-refractivity contribution in [3.8, 4) is 0 Å². The zero-order valence-electron chi connectivity index (χ0n) is 13.3. The summed E-state index contributed by atoms with van der Waals surface area (Å²) in [6.45, 7) is 6.39. The highest BCUT2D eigenvalue weighted by molar-refractivity contribution is 7.99. The molecule has 1 aromatic heterocycles. The maximum atomic E-state index is 6.44. The molecule has 3 nitrogen and oxygen atoms in total. The summed E-state index contributed by atoms with van der Waals surface area (Å²) in [5.74, 6) is 3.45. The number of nitrogens with one attached hydrogen (secondary N) is 1. The van der Waals surface area contributed by atoms with Crippen molar-refractivity contribution in [1.82, 2.24) is 15.1 Å². The molecule has 1 saturated heterocycles. The lowest BCUT2D eigenvalue weighted by Gasteiger charge is -2.28. The standard InChI is InChI=1S/C16H28ClN3S/c1-3-7-18-15(11-13-5-9-21-10-6-13)16-14(17)12-19-20(16)8-4-2/h12-13,15,18H,3-11H2,1-2H3. The SMILES string of the molecule is CCCNC(CC1CCSCC1)c1c(Cl)cnn1CCC. The first kappa shape index (κ1) is 17.2. The van der Waals surface area contributed by atoms with E-state index in [4.69, 9.17) is 11.6 Å². The largest absolute Gasteiger partial charge is 0.309 e. The van der Waals surface area contributed by atoms with Crippen LogP contribution in [0.3, 0.4) is 0 Å². The molecule has 0 radical (unpaired) electrons. The molecule has 0 aromatic carbocycles. The minimum Gasteiger partial charge on any atom is -0.309 e. The lowest BCUT2D eigenvalue weighted by molar-refractivity contribution is 0.353. The second kappa shape index (κ2) is 9.06. The van der Waals surface area contributed by atoms with Gasteiger partial charge in [0.1, 0.15) is 0 Å². The van der Waals surface area contributed by atoms with E-state index in [-0.39, 0.29) is 0 Å². The smallest absolute Gasteiger partial charge is 0.0834 e. The second-order valence-electron chi connectivity index (χ2n) is 5.90. The van der Waals surface area contributed by atoms with E-state index in [0.29, 0.717) is 6.04 Å². The zero-order chi connectivity index (χ0) is 15.1. The molecule has 1 fully saturated rings. The van der Waals surface area contributed by atoms with E-state index in [1.165, 1.54) is 36.5 Å². The predicted molar refractivity (Wildman–Crippen MR) is 93.2 cm³/mol. The van der Waals surface area contributed by atoms with Crippen LogP contribution in [0.25, 0.3) is 0 Å². The van der Waals surface area contributed by atoms with Gasteiger partial charge in [-0.25, -0.2) is 0 Å². The third-order valence-electron chi connectivity index (χ3n) is 4.15. The van der Waals surface area contributed by atoms with Gasteiger partial charge < -0.3 is 5.32 Å². The summed E-state index contributed by atoms with van der Waals surface area (Å²) < 4.78 is 2.10. The monoisotopic (exact) mass is 329 g/mol. The van der Waals surface area contributed by atoms with Crippen LogP contribution in [0.15, 0.2) is 6.20 Å². The topological polar surface area (TPSA) is 29.9 Å². The Labute approximate surface area is 138 Å². The van der Waals surface area contributed by atoms with E-state index >= 15 is 0 Å². The fraction of sp³-hybridized carbons (Fsp3) is 0.812. The molecule has 1 unspecified atom stereocenters. The highest BCUT2D eigenvalue weighted by Gasteiger charge is 2.24. The molecule has 2 heterocycles. The normalized spacial score (nSPS) is 18.0. The van der Waals surface area contributed by atoms with Crippen molar-refractivity contribution < 1.29 is 0 Å². The number of rotatable bonds is 8. The molecule has 0 saturated carbocycles. The second-order valence-corrected chi connectivity index (χ2v) is 7.53. The maximum Gasteiger partial charge on any atom is 0.0834 e. The van der Waals surface area contributed by atoms with Gasteiger partial charge in [-0.3, -0.25) is 4.68 Å². The minimum absolute atomic E-state index is 0.347. The van der Waals surface area contributed by atoms with Gasteiger partial charge in [0.05, 0.1) is 23.0 Å². The van der Waals surface area contributed by atoms with Crippen molar-refractivity contribution >= 4 is 23.4 Å². The van der Waals surface area contributed by atoms with Gasteiger partial charge in [0.25, 0.3) is 0 Å². The molecule has 0 amide bonds. The molecular formula is C16H28ClN3S. The van der Waals surface area contributed by atoms with Crippen LogP contribution >= 0.6 is 23.4 Å². The first-order valence-corrected chi connectivity index (χ1v) is 9.81. The molecule has 1 atom stereocenters. The molecule has 21 heavy (non-hydrogen) atoms. The zero-order valence-corrected chi connectivity index (χ0v) is 14.8. The number of aromatic nitrogens is 2. The average molecular weight is 330 g/mol. The van der Waals surface area contributed by atoms with E-state index in [1.807, 2.05) is 6.20 Å². The Balaban J connectivity index is 2.12. The summed E-state index contributed by atoms with van der Waals surface area (Å²) in [6.07, 6.45) is 7.92. The first-order valence-electron chi connectivity index (χ1n) is 8.28. The van der Waals surface area contributed by atoms with Crippen molar-refractivity contribution in [2.45, 2.75) is 58.5 Å². The molecule has 1 aromatic rings. The number of thioether (sulfide) groups is 1. The maximum absolute atomic E-state index is 6.44. The highest BCUT2D eigenvalue weighted by Crippen LogP contribution is 2.33. The predicted octanol–water partition coefficient (Wildman–Crippen LogP) is 4.52. The summed E-state index contributed by atoms with van der Waals surface area (Å²) in [5, 5.41) is 9.00. The van der Waals surface area contributed by atoms with E-state index in [0.717, 1.165) is 36.9 Å². The van der Waals surface area contributed by atoms with Crippen LogP contribution in [-0.4, -0.2) is 27.8 Å². The number of halogens is 1. The summed E-state index contributed by atoms with van der Waals surface area (Å²) in [4.78, 5) is 0. The van der Waals surface area contributed by atoms with E-state index in [2.05, 4.69) is 40.7 Å².